The summed E-state index contributed by atoms with van der Waals surface area (Å²) in [4.78, 5) is 35.2. The van der Waals surface area contributed by atoms with E-state index in [0.717, 1.165) is 25.7 Å². The Morgan fingerprint density at radius 3 is 2.59 bits per heavy atom. The van der Waals surface area contributed by atoms with Crippen molar-refractivity contribution in [2.75, 3.05) is 37.5 Å². The molecule has 148 valence electrons. The summed E-state index contributed by atoms with van der Waals surface area (Å²) < 4.78 is 9.72. The van der Waals surface area contributed by atoms with Crippen LogP contribution >= 0.6 is 0 Å². The monoisotopic (exact) mass is 378 g/mol. The highest BCUT2D eigenvalue weighted by molar-refractivity contribution is 5.96. The van der Waals surface area contributed by atoms with Gasteiger partial charge in [0.15, 0.2) is 0 Å². The second kappa shape index (κ2) is 11.0. The lowest BCUT2D eigenvalue weighted by Gasteiger charge is -2.13. The molecule has 4 N–H and O–H groups in total. The molecule has 1 aliphatic rings. The normalized spacial score (nSPS) is 13.7. The van der Waals surface area contributed by atoms with E-state index < -0.39 is 18.0 Å². The second-order valence-corrected chi connectivity index (χ2v) is 6.19. The average molecular weight is 378 g/mol. The van der Waals surface area contributed by atoms with E-state index in [-0.39, 0.29) is 19.2 Å². The third kappa shape index (κ3) is 7.95. The van der Waals surface area contributed by atoms with Crippen LogP contribution in [0.3, 0.4) is 0 Å². The first kappa shape index (κ1) is 20.5. The van der Waals surface area contributed by atoms with Gasteiger partial charge < -0.3 is 20.1 Å². The molecule has 27 heavy (non-hydrogen) atoms. The zero-order valence-corrected chi connectivity index (χ0v) is 15.4. The van der Waals surface area contributed by atoms with Gasteiger partial charge in [0.2, 0.25) is 5.91 Å². The first-order valence-electron chi connectivity index (χ1n) is 8.94. The van der Waals surface area contributed by atoms with E-state index in [2.05, 4.69) is 21.3 Å². The molecule has 0 atom stereocenters. The molecule has 0 unspecified atom stereocenters. The summed E-state index contributed by atoms with van der Waals surface area (Å²) in [6.07, 6.45) is 3.52. The molecule has 1 aromatic carbocycles. The smallest absolute Gasteiger partial charge is 0.411 e. The molecule has 0 aliphatic heterocycles. The third-order valence-corrected chi connectivity index (χ3v) is 4.03. The SMILES string of the molecule is COCCOC(=O)Nc1cccc(NCC(=O)NC(=O)NC2CCCC2)c1. The van der Waals surface area contributed by atoms with Crippen LogP contribution in [0.5, 0.6) is 0 Å². The van der Waals surface area contributed by atoms with Gasteiger partial charge in [-0.25, -0.2) is 9.59 Å². The standard InChI is InChI=1S/C18H26N4O5/c1-26-9-10-27-18(25)21-15-8-4-7-14(11-15)19-12-16(23)22-17(24)20-13-5-2-3-6-13/h4,7-8,11,13,19H,2-3,5-6,9-10,12H2,1H3,(H,21,25)(H2,20,22,23,24). The number of methoxy groups -OCH3 is 1. The molecular weight excluding hydrogens is 352 g/mol. The molecule has 9 nitrogen and oxygen atoms in total. The van der Waals surface area contributed by atoms with E-state index in [1.54, 1.807) is 24.3 Å². The number of carbonyl (C=O) groups is 3. The molecule has 0 bridgehead atoms. The van der Waals surface area contributed by atoms with Gasteiger partial charge >= 0.3 is 12.1 Å². The zero-order valence-electron chi connectivity index (χ0n) is 15.4. The fraction of sp³-hybridized carbons (Fsp3) is 0.500. The Morgan fingerprint density at radius 1 is 1.11 bits per heavy atom. The van der Waals surface area contributed by atoms with E-state index in [4.69, 9.17) is 9.47 Å². The van der Waals surface area contributed by atoms with Crippen molar-refractivity contribution in [3.63, 3.8) is 0 Å². The summed E-state index contributed by atoms with van der Waals surface area (Å²) in [7, 11) is 1.52. The van der Waals surface area contributed by atoms with Crippen molar-refractivity contribution in [3.05, 3.63) is 24.3 Å². The van der Waals surface area contributed by atoms with Gasteiger partial charge in [0, 0.05) is 24.5 Å². The maximum absolute atomic E-state index is 11.9. The summed E-state index contributed by atoms with van der Waals surface area (Å²) in [5.74, 6) is -0.442. The van der Waals surface area contributed by atoms with Crippen LogP contribution in [0.4, 0.5) is 21.0 Å². The van der Waals surface area contributed by atoms with Crippen LogP contribution in [0.15, 0.2) is 24.3 Å². The van der Waals surface area contributed by atoms with Gasteiger partial charge in [0.05, 0.1) is 13.2 Å². The van der Waals surface area contributed by atoms with Gasteiger partial charge in [-0.15, -0.1) is 0 Å². The molecule has 1 saturated carbocycles. The maximum Gasteiger partial charge on any atom is 0.411 e. The molecule has 9 heteroatoms. The average Bonchev–Trinajstić information content (AvgIpc) is 3.13. The number of urea groups is 1. The van der Waals surface area contributed by atoms with Crippen LogP contribution in [-0.4, -0.2) is 50.9 Å². The van der Waals surface area contributed by atoms with E-state index >= 15 is 0 Å². The number of anilines is 2. The Bertz CT molecular complexity index is 646. The van der Waals surface area contributed by atoms with E-state index in [0.29, 0.717) is 18.0 Å². The Morgan fingerprint density at radius 2 is 1.85 bits per heavy atom. The number of rotatable bonds is 8. The fourth-order valence-electron chi connectivity index (χ4n) is 2.72. The largest absolute Gasteiger partial charge is 0.447 e. The highest BCUT2D eigenvalue weighted by atomic mass is 16.6. The van der Waals surface area contributed by atoms with Crippen LogP contribution < -0.4 is 21.3 Å². The van der Waals surface area contributed by atoms with E-state index in [1.807, 2.05) is 0 Å². The molecule has 1 fully saturated rings. The van der Waals surface area contributed by atoms with Crippen molar-refractivity contribution in [2.24, 2.45) is 0 Å². The summed E-state index contributed by atoms with van der Waals surface area (Å²) in [5.41, 5.74) is 1.14. The van der Waals surface area contributed by atoms with Crippen molar-refractivity contribution < 1.29 is 23.9 Å². The third-order valence-electron chi connectivity index (χ3n) is 4.03. The van der Waals surface area contributed by atoms with Gasteiger partial charge in [-0.05, 0) is 31.0 Å². The number of imide groups is 1. The molecule has 1 aliphatic carbocycles. The number of ether oxygens (including phenoxy) is 2. The minimum atomic E-state index is -0.592. The lowest BCUT2D eigenvalue weighted by molar-refractivity contribution is -0.118. The fourth-order valence-corrected chi connectivity index (χ4v) is 2.72. The maximum atomic E-state index is 11.9. The van der Waals surface area contributed by atoms with Crippen molar-refractivity contribution in [1.29, 1.82) is 0 Å². The Hall–Kier alpha value is -2.81. The van der Waals surface area contributed by atoms with Gasteiger partial charge in [-0.1, -0.05) is 18.9 Å². The molecule has 0 spiro atoms. The number of amides is 4. The molecule has 0 aromatic heterocycles. The molecule has 4 amide bonds. The topological polar surface area (TPSA) is 118 Å². The van der Waals surface area contributed by atoms with Gasteiger partial charge in [0.25, 0.3) is 0 Å². The first-order chi connectivity index (χ1) is 13.1. The first-order valence-corrected chi connectivity index (χ1v) is 8.94. The van der Waals surface area contributed by atoms with Crippen LogP contribution in [0.1, 0.15) is 25.7 Å². The van der Waals surface area contributed by atoms with Crippen LogP contribution in [0.2, 0.25) is 0 Å². The molecule has 1 aromatic rings. The number of benzene rings is 1. The summed E-state index contributed by atoms with van der Waals surface area (Å²) >= 11 is 0. The van der Waals surface area contributed by atoms with E-state index in [9.17, 15) is 14.4 Å². The summed E-state index contributed by atoms with van der Waals surface area (Å²) in [6, 6.07) is 6.49. The van der Waals surface area contributed by atoms with Crippen molar-refractivity contribution in [3.8, 4) is 0 Å². The molecule has 2 rings (SSSR count). The molecule has 0 radical (unpaired) electrons. The van der Waals surface area contributed by atoms with Crippen LogP contribution in [0.25, 0.3) is 0 Å². The Labute approximate surface area is 158 Å². The lowest BCUT2D eigenvalue weighted by atomic mass is 10.2. The predicted octanol–water partition coefficient (Wildman–Crippen LogP) is 2.06. The number of hydrogen-bond donors (Lipinski definition) is 4. The van der Waals surface area contributed by atoms with Crippen molar-refractivity contribution >= 4 is 29.4 Å². The highest BCUT2D eigenvalue weighted by Gasteiger charge is 2.18. The predicted molar refractivity (Wildman–Crippen MR) is 101 cm³/mol. The van der Waals surface area contributed by atoms with Gasteiger partial charge in [-0.2, -0.15) is 0 Å². The number of nitrogens with one attached hydrogen (secondary N) is 4. The Balaban J connectivity index is 1.72. The molecule has 0 heterocycles. The van der Waals surface area contributed by atoms with Crippen molar-refractivity contribution in [2.45, 2.75) is 31.7 Å². The summed E-state index contributed by atoms with van der Waals surface area (Å²) in [5, 5.41) is 10.6. The lowest BCUT2D eigenvalue weighted by Crippen LogP contribution is -2.45. The number of carbonyl (C=O) groups excluding carboxylic acids is 3. The Kier molecular flexibility index (Phi) is 8.37. The second-order valence-electron chi connectivity index (χ2n) is 6.19. The quantitative estimate of drug-likeness (QED) is 0.514. The minimum absolute atomic E-state index is 0.0696. The molecular formula is C18H26N4O5. The minimum Gasteiger partial charge on any atom is -0.447 e. The molecule has 0 saturated heterocycles. The highest BCUT2D eigenvalue weighted by Crippen LogP contribution is 2.17. The van der Waals surface area contributed by atoms with Crippen molar-refractivity contribution in [1.82, 2.24) is 10.6 Å². The number of hydrogen-bond acceptors (Lipinski definition) is 6. The van der Waals surface area contributed by atoms with Crippen LogP contribution in [-0.2, 0) is 14.3 Å². The van der Waals surface area contributed by atoms with Crippen LogP contribution in [0, 0.1) is 0 Å². The van der Waals surface area contributed by atoms with Gasteiger partial charge in [-0.3, -0.25) is 15.4 Å². The van der Waals surface area contributed by atoms with E-state index in [1.165, 1.54) is 7.11 Å². The van der Waals surface area contributed by atoms with Gasteiger partial charge in [0.1, 0.15) is 6.61 Å². The zero-order chi connectivity index (χ0) is 19.5. The summed E-state index contributed by atoms with van der Waals surface area (Å²) in [6.45, 7) is 0.404.